The number of halogens is 2. The van der Waals surface area contributed by atoms with E-state index in [4.69, 9.17) is 0 Å². The van der Waals surface area contributed by atoms with E-state index in [9.17, 15) is 12.8 Å². The second-order valence-electron chi connectivity index (χ2n) is 6.77. The van der Waals surface area contributed by atoms with Crippen molar-refractivity contribution in [2.45, 2.75) is 38.1 Å². The van der Waals surface area contributed by atoms with Crippen LogP contribution in [0, 0.1) is 19.7 Å². The molecule has 0 amide bonds. The molecule has 7 nitrogen and oxygen atoms in total. The first-order valence-electron chi connectivity index (χ1n) is 9.09. The summed E-state index contributed by atoms with van der Waals surface area (Å²) in [6.45, 7) is 6.15. The van der Waals surface area contributed by atoms with Gasteiger partial charge in [0.1, 0.15) is 10.7 Å². The minimum atomic E-state index is -3.71. The summed E-state index contributed by atoms with van der Waals surface area (Å²) < 4.78 is 40.2. The number of nitrogens with zero attached hydrogens (tertiary/aromatic N) is 3. The van der Waals surface area contributed by atoms with E-state index < -0.39 is 15.7 Å². The summed E-state index contributed by atoms with van der Waals surface area (Å²) in [6.07, 6.45) is 0.764. The van der Waals surface area contributed by atoms with Crippen molar-refractivity contribution in [1.82, 2.24) is 20.4 Å². The lowest BCUT2D eigenvalue weighted by atomic mass is 10.1. The largest absolute Gasteiger partial charge is 0.355 e. The van der Waals surface area contributed by atoms with Crippen LogP contribution in [0.4, 0.5) is 4.39 Å². The first-order valence-corrected chi connectivity index (χ1v) is 10.7. The molecule has 2 rings (SSSR count). The molecule has 1 atom stereocenters. The molecule has 0 aliphatic rings. The molecular formula is C19H29FIN5O2S. The van der Waals surface area contributed by atoms with Gasteiger partial charge in [0.15, 0.2) is 15.8 Å². The third-order valence-corrected chi connectivity index (χ3v) is 6.35. The van der Waals surface area contributed by atoms with Crippen LogP contribution in [0.15, 0.2) is 34.2 Å². The van der Waals surface area contributed by atoms with Crippen molar-refractivity contribution in [3.05, 3.63) is 47.0 Å². The van der Waals surface area contributed by atoms with Gasteiger partial charge in [-0.15, -0.1) is 24.0 Å². The van der Waals surface area contributed by atoms with Crippen LogP contribution in [0.25, 0.3) is 0 Å². The molecular weight excluding hydrogens is 508 g/mol. The van der Waals surface area contributed by atoms with Crippen molar-refractivity contribution >= 4 is 39.8 Å². The predicted molar refractivity (Wildman–Crippen MR) is 124 cm³/mol. The zero-order valence-corrected chi connectivity index (χ0v) is 20.5. The van der Waals surface area contributed by atoms with E-state index in [-0.39, 0.29) is 47.2 Å². The fraction of sp³-hybridized carbons (Fsp3) is 0.474. The third-order valence-electron chi connectivity index (χ3n) is 4.61. The topological polar surface area (TPSA) is 88.4 Å². The summed E-state index contributed by atoms with van der Waals surface area (Å²) in [5, 5.41) is 10.7. The highest BCUT2D eigenvalue weighted by molar-refractivity contribution is 14.0. The Hall–Kier alpha value is -1.69. The summed E-state index contributed by atoms with van der Waals surface area (Å²) in [5.74, 6) is -0.472. The van der Waals surface area contributed by atoms with Crippen molar-refractivity contribution in [3.8, 4) is 0 Å². The number of hydrogen-bond donors (Lipinski definition) is 2. The van der Waals surface area contributed by atoms with Gasteiger partial charge in [-0.2, -0.15) is 5.10 Å². The summed E-state index contributed by atoms with van der Waals surface area (Å²) in [7, 11) is -0.176. The van der Waals surface area contributed by atoms with Gasteiger partial charge in [0.05, 0.1) is 11.4 Å². The smallest absolute Gasteiger partial charge is 0.191 e. The summed E-state index contributed by atoms with van der Waals surface area (Å²) in [6, 6.07) is 5.46. The van der Waals surface area contributed by atoms with Gasteiger partial charge in [0, 0.05) is 32.4 Å². The molecule has 0 aliphatic carbocycles. The molecule has 29 heavy (non-hydrogen) atoms. The van der Waals surface area contributed by atoms with Gasteiger partial charge in [0.2, 0.25) is 0 Å². The quantitative estimate of drug-likeness (QED) is 0.322. The monoisotopic (exact) mass is 537 g/mol. The van der Waals surface area contributed by atoms with E-state index in [1.54, 1.807) is 7.05 Å². The molecule has 162 valence electrons. The predicted octanol–water partition coefficient (Wildman–Crippen LogP) is 2.36. The van der Waals surface area contributed by atoms with Crippen LogP contribution in [0.5, 0.6) is 0 Å². The number of aliphatic imine (C=N–C) groups is 1. The normalized spacial score (nSPS) is 13.0. The number of rotatable bonds is 7. The van der Waals surface area contributed by atoms with Gasteiger partial charge in [-0.3, -0.25) is 9.67 Å². The fourth-order valence-electron chi connectivity index (χ4n) is 3.01. The van der Waals surface area contributed by atoms with Crippen molar-refractivity contribution in [3.63, 3.8) is 0 Å². The van der Waals surface area contributed by atoms with E-state index in [0.29, 0.717) is 5.96 Å². The Morgan fingerprint density at radius 1 is 1.31 bits per heavy atom. The molecule has 2 aromatic rings. The molecule has 0 bridgehead atoms. The van der Waals surface area contributed by atoms with Crippen LogP contribution in [0.3, 0.4) is 0 Å². The molecule has 0 fully saturated rings. The molecule has 0 saturated carbocycles. The summed E-state index contributed by atoms with van der Waals surface area (Å²) in [4.78, 5) is 3.85. The molecule has 0 saturated heterocycles. The first kappa shape index (κ1) is 25.3. The van der Waals surface area contributed by atoms with Gasteiger partial charge in [-0.1, -0.05) is 12.1 Å². The summed E-state index contributed by atoms with van der Waals surface area (Å²) in [5.41, 5.74) is 3.29. The van der Waals surface area contributed by atoms with Crippen LogP contribution >= 0.6 is 24.0 Å². The van der Waals surface area contributed by atoms with E-state index in [1.807, 2.05) is 32.5 Å². The molecule has 1 heterocycles. The van der Waals surface area contributed by atoms with Gasteiger partial charge in [0.25, 0.3) is 0 Å². The number of hydrogen-bond acceptors (Lipinski definition) is 4. The number of nitrogens with one attached hydrogen (secondary N) is 2. The van der Waals surface area contributed by atoms with Crippen LogP contribution in [0.2, 0.25) is 0 Å². The molecule has 0 radical (unpaired) electrons. The Balaban J connectivity index is 0.00000420. The van der Waals surface area contributed by atoms with Gasteiger partial charge in [-0.25, -0.2) is 12.8 Å². The highest BCUT2D eigenvalue weighted by atomic mass is 127. The zero-order valence-electron chi connectivity index (χ0n) is 17.4. The Morgan fingerprint density at radius 2 is 1.97 bits per heavy atom. The maximum Gasteiger partial charge on any atom is 0.191 e. The number of benzene rings is 1. The van der Waals surface area contributed by atoms with Crippen LogP contribution in [0.1, 0.15) is 23.9 Å². The lowest BCUT2D eigenvalue weighted by molar-refractivity contribution is 0.566. The van der Waals surface area contributed by atoms with E-state index in [2.05, 4.69) is 20.7 Å². The van der Waals surface area contributed by atoms with Gasteiger partial charge in [-0.05, 0) is 44.9 Å². The lowest BCUT2D eigenvalue weighted by Gasteiger charge is -2.18. The van der Waals surface area contributed by atoms with E-state index in [0.717, 1.165) is 23.9 Å². The average molecular weight is 537 g/mol. The van der Waals surface area contributed by atoms with Crippen molar-refractivity contribution in [2.75, 3.05) is 19.3 Å². The Morgan fingerprint density at radius 3 is 2.52 bits per heavy atom. The average Bonchev–Trinajstić information content (AvgIpc) is 2.87. The lowest BCUT2D eigenvalue weighted by Crippen LogP contribution is -2.44. The molecule has 2 N–H and O–H groups in total. The Kier molecular flexibility index (Phi) is 9.53. The number of sulfone groups is 1. The number of guanidine groups is 1. The minimum Gasteiger partial charge on any atom is -0.355 e. The van der Waals surface area contributed by atoms with Gasteiger partial charge >= 0.3 is 0 Å². The summed E-state index contributed by atoms with van der Waals surface area (Å²) >= 11 is 0. The fourth-order valence-corrected chi connectivity index (χ4v) is 4.25. The van der Waals surface area contributed by atoms with Crippen molar-refractivity contribution < 1.29 is 12.8 Å². The molecule has 1 aromatic carbocycles. The third kappa shape index (κ3) is 6.66. The second kappa shape index (κ2) is 10.9. The van der Waals surface area contributed by atoms with Crippen LogP contribution in [-0.2, 0) is 23.3 Å². The standard InChI is InChI=1S/C19H28FN5O2S.HI/c1-13(12-16-14(2)24-25(5)15(16)3)23-19(21-4)22-10-11-28(26,27)18-9-7-6-8-17(18)20;/h6-9,13H,10-12H2,1-5H3,(H2,21,22,23);1H. The van der Waals surface area contributed by atoms with E-state index in [1.165, 1.54) is 23.8 Å². The first-order chi connectivity index (χ1) is 13.2. The van der Waals surface area contributed by atoms with Gasteiger partial charge < -0.3 is 10.6 Å². The number of aryl methyl sites for hydroxylation is 2. The molecule has 0 aliphatic heterocycles. The van der Waals surface area contributed by atoms with Crippen molar-refractivity contribution in [2.24, 2.45) is 12.0 Å². The highest BCUT2D eigenvalue weighted by Gasteiger charge is 2.19. The maximum atomic E-state index is 13.7. The van der Waals surface area contributed by atoms with E-state index >= 15 is 0 Å². The Labute approximate surface area is 189 Å². The molecule has 0 spiro atoms. The second-order valence-corrected chi connectivity index (χ2v) is 8.85. The minimum absolute atomic E-state index is 0. The molecule has 10 heteroatoms. The SMILES string of the molecule is CN=C(NCCS(=O)(=O)c1ccccc1F)NC(C)Cc1c(C)nn(C)c1C.I. The van der Waals surface area contributed by atoms with Crippen LogP contribution < -0.4 is 10.6 Å². The maximum absolute atomic E-state index is 13.7. The van der Waals surface area contributed by atoms with Crippen molar-refractivity contribution in [1.29, 1.82) is 0 Å². The number of aromatic nitrogens is 2. The molecule has 1 aromatic heterocycles. The molecule has 1 unspecified atom stereocenters. The Bertz CT molecular complexity index is 960. The zero-order chi connectivity index (χ0) is 20.9. The highest BCUT2D eigenvalue weighted by Crippen LogP contribution is 2.15. The van der Waals surface area contributed by atoms with Crippen LogP contribution in [-0.4, -0.2) is 49.5 Å².